The Kier molecular flexibility index (Phi) is 6.11. The van der Waals surface area contributed by atoms with E-state index in [1.165, 1.54) is 0 Å². The third kappa shape index (κ3) is 5.39. The molecule has 0 bridgehead atoms. The fourth-order valence-corrected chi connectivity index (χ4v) is 3.84. The highest BCUT2D eigenvalue weighted by Gasteiger charge is 2.23. The maximum atomic E-state index is 4.02. The molecule has 0 amide bonds. The van der Waals surface area contributed by atoms with Gasteiger partial charge >= 0.3 is 8.07 Å². The van der Waals surface area contributed by atoms with Crippen molar-refractivity contribution in [1.29, 1.82) is 0 Å². The van der Waals surface area contributed by atoms with E-state index in [4.69, 9.17) is 0 Å². The highest BCUT2D eigenvalue weighted by atomic mass is 28.3. The van der Waals surface area contributed by atoms with Gasteiger partial charge in [0, 0.05) is 16.7 Å². The summed E-state index contributed by atoms with van der Waals surface area (Å²) in [4.78, 5) is 0. The Morgan fingerprint density at radius 2 is 0.815 bits per heavy atom. The van der Waals surface area contributed by atoms with E-state index in [1.807, 2.05) is 96.7 Å². The largest absolute Gasteiger partial charge is 0.315 e. The summed E-state index contributed by atoms with van der Waals surface area (Å²) in [5.74, 6) is 9.73. The van der Waals surface area contributed by atoms with Crippen LogP contribution in [0.3, 0.4) is 0 Å². The second kappa shape index (κ2) is 9.12. The minimum Gasteiger partial charge on any atom is -0.104 e. The Hall–Kier alpha value is -3.70. The molecule has 1 heteroatoms. The normalized spacial score (nSPS) is 9.48. The van der Waals surface area contributed by atoms with Gasteiger partial charge in [-0.2, -0.15) is 0 Å². The molecule has 0 aliphatic heterocycles. The Morgan fingerprint density at radius 1 is 0.519 bits per heavy atom. The Labute approximate surface area is 162 Å². The number of rotatable bonds is 1. The van der Waals surface area contributed by atoms with Crippen LogP contribution in [-0.4, -0.2) is 8.07 Å². The lowest BCUT2D eigenvalue weighted by molar-refractivity contribution is 1.65. The van der Waals surface area contributed by atoms with Gasteiger partial charge in [0.05, 0.1) is 0 Å². The van der Waals surface area contributed by atoms with Crippen molar-refractivity contribution < 1.29 is 0 Å². The fraction of sp³-hybridized carbons (Fsp3) is 0. The van der Waals surface area contributed by atoms with Crippen LogP contribution < -0.4 is 0 Å². The van der Waals surface area contributed by atoms with Crippen LogP contribution in [0.5, 0.6) is 0 Å². The molecule has 0 heterocycles. The average Bonchev–Trinajstić information content (AvgIpc) is 2.76. The lowest BCUT2D eigenvalue weighted by Gasteiger charge is -2.05. The third-order valence-electron chi connectivity index (χ3n) is 3.84. The molecular weight excluding hydrogens is 340 g/mol. The summed E-state index contributed by atoms with van der Waals surface area (Å²) in [6.07, 6.45) is 0. The van der Waals surface area contributed by atoms with E-state index in [1.54, 1.807) is 0 Å². The number of benzene rings is 3. The molecule has 0 saturated carbocycles. The zero-order chi connectivity index (χ0) is 18.8. The summed E-state index contributed by atoms with van der Waals surface area (Å²) < 4.78 is 0. The first-order chi connectivity index (χ1) is 13.3. The molecule has 0 nitrogen and oxygen atoms in total. The van der Waals surface area contributed by atoms with E-state index in [2.05, 4.69) is 41.0 Å². The number of hydrogen-bond donors (Lipinski definition) is 0. The molecule has 0 saturated heterocycles. The Balaban J connectivity index is 2.05. The minimum absolute atomic E-state index is 0.958. The smallest absolute Gasteiger partial charge is 0.104 e. The first kappa shape index (κ1) is 18.1. The first-order valence-electron chi connectivity index (χ1n) is 8.68. The van der Waals surface area contributed by atoms with Crippen molar-refractivity contribution >= 4 is 8.07 Å². The van der Waals surface area contributed by atoms with Crippen LogP contribution in [-0.2, 0) is 0 Å². The molecular formula is C26H18Si. The van der Waals surface area contributed by atoms with Gasteiger partial charge in [0.1, 0.15) is 0 Å². The molecule has 0 N–H and O–H groups in total. The van der Waals surface area contributed by atoms with Crippen molar-refractivity contribution in [3.05, 3.63) is 120 Å². The monoisotopic (exact) mass is 358 g/mol. The van der Waals surface area contributed by atoms with Crippen LogP contribution in [0.15, 0.2) is 103 Å². The second-order valence-corrected chi connectivity index (χ2v) is 8.63. The van der Waals surface area contributed by atoms with E-state index < -0.39 is 8.07 Å². The summed E-state index contributed by atoms with van der Waals surface area (Å²) in [5, 5.41) is 0. The van der Waals surface area contributed by atoms with E-state index in [-0.39, 0.29) is 0 Å². The van der Waals surface area contributed by atoms with E-state index in [0.29, 0.717) is 0 Å². The molecule has 0 unspecified atom stereocenters. The molecule has 3 aromatic rings. The average molecular weight is 359 g/mol. The summed E-state index contributed by atoms with van der Waals surface area (Å²) >= 11 is 0. The van der Waals surface area contributed by atoms with Crippen molar-refractivity contribution in [2.24, 2.45) is 0 Å². The molecule has 0 spiro atoms. The Bertz CT molecular complexity index is 938. The highest BCUT2D eigenvalue weighted by Crippen LogP contribution is 2.06. The van der Waals surface area contributed by atoms with Crippen LogP contribution >= 0.6 is 0 Å². The molecule has 126 valence electrons. The summed E-state index contributed by atoms with van der Waals surface area (Å²) in [7, 11) is -2.64. The van der Waals surface area contributed by atoms with Gasteiger partial charge in [-0.15, -0.1) is 6.58 Å². The molecule has 27 heavy (non-hydrogen) atoms. The van der Waals surface area contributed by atoms with E-state index in [0.717, 1.165) is 16.7 Å². The second-order valence-electron chi connectivity index (χ2n) is 5.86. The van der Waals surface area contributed by atoms with Crippen molar-refractivity contribution in [3.63, 3.8) is 0 Å². The van der Waals surface area contributed by atoms with Crippen LogP contribution in [0.2, 0.25) is 0 Å². The summed E-state index contributed by atoms with van der Waals surface area (Å²) in [6.45, 7) is 4.02. The van der Waals surface area contributed by atoms with Gasteiger partial charge in [-0.05, 0) is 36.4 Å². The zero-order valence-corrected chi connectivity index (χ0v) is 15.9. The van der Waals surface area contributed by atoms with Gasteiger partial charge in [0.15, 0.2) is 0 Å². The molecule has 3 aromatic carbocycles. The van der Waals surface area contributed by atoms with Crippen molar-refractivity contribution in [3.8, 4) is 34.4 Å². The predicted octanol–water partition coefficient (Wildman–Crippen LogP) is 4.93. The van der Waals surface area contributed by atoms with Crippen LogP contribution in [0, 0.1) is 34.4 Å². The quantitative estimate of drug-likeness (QED) is 0.427. The molecule has 0 aliphatic carbocycles. The lowest BCUT2D eigenvalue weighted by Crippen LogP contribution is -2.27. The molecule has 0 radical (unpaired) electrons. The molecule has 3 rings (SSSR count). The van der Waals surface area contributed by atoms with Gasteiger partial charge in [0.25, 0.3) is 0 Å². The molecule has 0 aromatic heterocycles. The standard InChI is InChI=1S/C26H18Si/c1-2-27(21-18-24-12-6-3-7-13-24,22-19-25-14-8-4-9-15-25)23-20-26-16-10-5-11-17-26/h2-17H,1H2. The maximum Gasteiger partial charge on any atom is 0.315 e. The SMILES string of the molecule is C=C[Si](C#Cc1ccccc1)(C#Cc1ccccc1)C#Cc1ccccc1. The topological polar surface area (TPSA) is 0 Å². The minimum atomic E-state index is -2.64. The van der Waals surface area contributed by atoms with Crippen molar-refractivity contribution in [1.82, 2.24) is 0 Å². The summed E-state index contributed by atoms with van der Waals surface area (Å²) in [5.41, 5.74) is 14.8. The fourth-order valence-electron chi connectivity index (χ4n) is 2.32. The van der Waals surface area contributed by atoms with Gasteiger partial charge in [-0.3, -0.25) is 0 Å². The third-order valence-corrected chi connectivity index (χ3v) is 6.01. The van der Waals surface area contributed by atoms with Crippen LogP contribution in [0.4, 0.5) is 0 Å². The highest BCUT2D eigenvalue weighted by molar-refractivity contribution is 7.04. The van der Waals surface area contributed by atoms with E-state index >= 15 is 0 Å². The van der Waals surface area contributed by atoms with Gasteiger partial charge in [-0.1, -0.05) is 94.7 Å². The summed E-state index contributed by atoms with van der Waals surface area (Å²) in [6, 6.07) is 29.8. The first-order valence-corrected chi connectivity index (χ1v) is 10.8. The lowest BCUT2D eigenvalue weighted by atomic mass is 10.2. The van der Waals surface area contributed by atoms with E-state index in [9.17, 15) is 0 Å². The van der Waals surface area contributed by atoms with Gasteiger partial charge in [-0.25, -0.2) is 0 Å². The molecule has 0 atom stereocenters. The van der Waals surface area contributed by atoms with Gasteiger partial charge < -0.3 is 0 Å². The predicted molar refractivity (Wildman–Crippen MR) is 116 cm³/mol. The number of hydrogen-bond acceptors (Lipinski definition) is 0. The van der Waals surface area contributed by atoms with Crippen LogP contribution in [0.25, 0.3) is 0 Å². The maximum absolute atomic E-state index is 4.02. The van der Waals surface area contributed by atoms with Crippen molar-refractivity contribution in [2.45, 2.75) is 0 Å². The molecule has 0 aliphatic rings. The van der Waals surface area contributed by atoms with Gasteiger partial charge in [0.2, 0.25) is 0 Å². The zero-order valence-electron chi connectivity index (χ0n) is 14.9. The Morgan fingerprint density at radius 3 is 1.07 bits per heavy atom. The van der Waals surface area contributed by atoms with Crippen molar-refractivity contribution in [2.75, 3.05) is 0 Å². The van der Waals surface area contributed by atoms with Crippen LogP contribution in [0.1, 0.15) is 16.7 Å². The molecule has 0 fully saturated rings.